The van der Waals surface area contributed by atoms with Gasteiger partial charge in [0.2, 0.25) is 0 Å². The van der Waals surface area contributed by atoms with Gasteiger partial charge in [0.1, 0.15) is 5.69 Å². The average Bonchev–Trinajstić information content (AvgIpc) is 2.99. The highest BCUT2D eigenvalue weighted by Gasteiger charge is 2.16. The number of para-hydroxylation sites is 2. The third-order valence-corrected chi connectivity index (χ3v) is 5.59. The van der Waals surface area contributed by atoms with Crippen molar-refractivity contribution in [2.75, 3.05) is 0 Å². The van der Waals surface area contributed by atoms with Crippen molar-refractivity contribution in [3.05, 3.63) is 64.4 Å². The second-order valence-corrected chi connectivity index (χ2v) is 7.55. The first-order valence-electron chi connectivity index (χ1n) is 10.0. The smallest absolute Gasteiger partial charge is 0.277 e. The largest absolute Gasteiger partial charge is 0.349 e. The molecule has 0 radical (unpaired) electrons. The molecule has 1 fully saturated rings. The molecule has 1 aliphatic rings. The fraction of sp³-hybridized carbons (Fsp3) is 0.348. The average molecular weight is 375 g/mol. The normalized spacial score (nSPS) is 15.3. The Kier molecular flexibility index (Phi) is 5.24. The molecular weight excluding hydrogens is 350 g/mol. The van der Waals surface area contributed by atoms with Crippen molar-refractivity contribution in [3.8, 4) is 11.3 Å². The predicted octanol–water partition coefficient (Wildman–Crippen LogP) is 4.05. The standard InChI is InChI=1S/C23H25N3O2/c1-26-20-11-7-6-10-19(20)25-21(23(26)28)16-12-14-17(15-13-16)22(27)24-18-8-4-2-3-5-9-18/h6-7,10-15,18H,2-5,8-9H2,1H3,(H,24,27). The van der Waals surface area contributed by atoms with Crippen LogP contribution in [0, 0.1) is 0 Å². The third kappa shape index (κ3) is 3.70. The molecule has 3 aromatic rings. The number of carbonyl (C=O) groups excluding carboxylic acids is 1. The van der Waals surface area contributed by atoms with Crippen LogP contribution in [0.4, 0.5) is 0 Å². The molecule has 1 aromatic heterocycles. The number of amides is 1. The van der Waals surface area contributed by atoms with E-state index in [0.29, 0.717) is 11.3 Å². The van der Waals surface area contributed by atoms with E-state index in [1.165, 1.54) is 25.7 Å². The molecule has 1 saturated carbocycles. The molecule has 0 spiro atoms. The summed E-state index contributed by atoms with van der Waals surface area (Å²) in [5.41, 5.74) is 3.17. The maximum Gasteiger partial charge on any atom is 0.277 e. The van der Waals surface area contributed by atoms with Crippen molar-refractivity contribution in [1.82, 2.24) is 14.9 Å². The fourth-order valence-corrected chi connectivity index (χ4v) is 3.94. The lowest BCUT2D eigenvalue weighted by molar-refractivity contribution is 0.0933. The zero-order chi connectivity index (χ0) is 19.5. The van der Waals surface area contributed by atoms with Gasteiger partial charge in [0, 0.05) is 24.2 Å². The van der Waals surface area contributed by atoms with Gasteiger partial charge in [-0.05, 0) is 37.1 Å². The Morgan fingerprint density at radius 2 is 1.68 bits per heavy atom. The van der Waals surface area contributed by atoms with Crippen LogP contribution in [0.3, 0.4) is 0 Å². The minimum Gasteiger partial charge on any atom is -0.349 e. The minimum atomic E-state index is -0.144. The van der Waals surface area contributed by atoms with Crippen molar-refractivity contribution in [1.29, 1.82) is 0 Å². The first kappa shape index (κ1) is 18.4. The van der Waals surface area contributed by atoms with Crippen LogP contribution in [-0.2, 0) is 7.05 Å². The second kappa shape index (κ2) is 7.97. The Balaban J connectivity index is 1.58. The quantitative estimate of drug-likeness (QED) is 0.703. The molecule has 28 heavy (non-hydrogen) atoms. The maximum atomic E-state index is 12.7. The molecule has 4 rings (SSSR count). The summed E-state index contributed by atoms with van der Waals surface area (Å²) in [7, 11) is 1.75. The summed E-state index contributed by atoms with van der Waals surface area (Å²) in [6.45, 7) is 0. The Morgan fingerprint density at radius 3 is 2.39 bits per heavy atom. The summed E-state index contributed by atoms with van der Waals surface area (Å²) in [6, 6.07) is 15.0. The number of aryl methyl sites for hydroxylation is 1. The highest BCUT2D eigenvalue weighted by atomic mass is 16.1. The van der Waals surface area contributed by atoms with E-state index in [-0.39, 0.29) is 17.5 Å². The molecule has 0 atom stereocenters. The third-order valence-electron chi connectivity index (χ3n) is 5.59. The number of hydrogen-bond donors (Lipinski definition) is 1. The Labute approximate surface area is 164 Å². The van der Waals surface area contributed by atoms with Crippen molar-refractivity contribution >= 4 is 16.9 Å². The van der Waals surface area contributed by atoms with E-state index < -0.39 is 0 Å². The van der Waals surface area contributed by atoms with E-state index in [9.17, 15) is 9.59 Å². The molecule has 0 aliphatic heterocycles. The first-order valence-corrected chi connectivity index (χ1v) is 10.0. The highest BCUT2D eigenvalue weighted by molar-refractivity contribution is 5.94. The van der Waals surface area contributed by atoms with Crippen LogP contribution in [-0.4, -0.2) is 21.5 Å². The van der Waals surface area contributed by atoms with Gasteiger partial charge in [-0.15, -0.1) is 0 Å². The van der Waals surface area contributed by atoms with Gasteiger partial charge in [-0.2, -0.15) is 0 Å². The summed E-state index contributed by atoms with van der Waals surface area (Å²) in [5.74, 6) is -0.0437. The van der Waals surface area contributed by atoms with E-state index in [1.807, 2.05) is 24.3 Å². The SMILES string of the molecule is Cn1c(=O)c(-c2ccc(C(=O)NC3CCCCCC3)cc2)nc2ccccc21. The summed E-state index contributed by atoms with van der Waals surface area (Å²) in [6.07, 6.45) is 6.99. The van der Waals surface area contributed by atoms with Crippen molar-refractivity contribution in [2.45, 2.75) is 44.6 Å². The van der Waals surface area contributed by atoms with Gasteiger partial charge in [-0.25, -0.2) is 4.98 Å². The highest BCUT2D eigenvalue weighted by Crippen LogP contribution is 2.20. The molecule has 1 amide bonds. The Bertz CT molecular complexity index is 1050. The van der Waals surface area contributed by atoms with E-state index in [1.54, 1.807) is 35.9 Å². The van der Waals surface area contributed by atoms with Gasteiger partial charge >= 0.3 is 0 Å². The van der Waals surface area contributed by atoms with Gasteiger partial charge in [0.15, 0.2) is 0 Å². The number of fused-ring (bicyclic) bond motifs is 1. The fourth-order valence-electron chi connectivity index (χ4n) is 3.94. The van der Waals surface area contributed by atoms with Crippen molar-refractivity contribution < 1.29 is 4.79 Å². The van der Waals surface area contributed by atoms with Crippen molar-refractivity contribution in [2.24, 2.45) is 7.05 Å². The molecule has 5 heteroatoms. The van der Waals surface area contributed by atoms with Crippen LogP contribution >= 0.6 is 0 Å². The zero-order valence-electron chi connectivity index (χ0n) is 16.1. The lowest BCUT2D eigenvalue weighted by Crippen LogP contribution is -2.34. The molecule has 0 unspecified atom stereocenters. The van der Waals surface area contributed by atoms with Crippen LogP contribution in [0.5, 0.6) is 0 Å². The molecule has 0 saturated heterocycles. The number of benzene rings is 2. The molecule has 5 nitrogen and oxygen atoms in total. The maximum absolute atomic E-state index is 12.7. The van der Waals surface area contributed by atoms with E-state index >= 15 is 0 Å². The molecule has 144 valence electrons. The van der Waals surface area contributed by atoms with Crippen LogP contribution < -0.4 is 10.9 Å². The van der Waals surface area contributed by atoms with Gasteiger partial charge in [0.05, 0.1) is 11.0 Å². The van der Waals surface area contributed by atoms with Gasteiger partial charge in [0.25, 0.3) is 11.5 Å². The summed E-state index contributed by atoms with van der Waals surface area (Å²) >= 11 is 0. The topological polar surface area (TPSA) is 64.0 Å². The van der Waals surface area contributed by atoms with Crippen molar-refractivity contribution in [3.63, 3.8) is 0 Å². The number of carbonyl (C=O) groups is 1. The van der Waals surface area contributed by atoms with Gasteiger partial charge in [-0.3, -0.25) is 9.59 Å². The number of hydrogen-bond acceptors (Lipinski definition) is 3. The lowest BCUT2D eigenvalue weighted by Gasteiger charge is -2.16. The molecule has 2 aromatic carbocycles. The van der Waals surface area contributed by atoms with Crippen LogP contribution in [0.2, 0.25) is 0 Å². The van der Waals surface area contributed by atoms with Crippen LogP contribution in [0.15, 0.2) is 53.3 Å². The molecule has 0 bridgehead atoms. The number of aromatic nitrogens is 2. The minimum absolute atomic E-state index is 0.0437. The number of nitrogens with zero attached hydrogens (tertiary/aromatic N) is 2. The summed E-state index contributed by atoms with van der Waals surface area (Å²) < 4.78 is 1.62. The van der Waals surface area contributed by atoms with Crippen LogP contribution in [0.25, 0.3) is 22.3 Å². The molecule has 1 heterocycles. The number of nitrogens with one attached hydrogen (secondary N) is 1. The van der Waals surface area contributed by atoms with E-state index in [4.69, 9.17) is 0 Å². The second-order valence-electron chi connectivity index (χ2n) is 7.55. The zero-order valence-corrected chi connectivity index (χ0v) is 16.1. The first-order chi connectivity index (χ1) is 13.6. The lowest BCUT2D eigenvalue weighted by atomic mass is 10.1. The van der Waals surface area contributed by atoms with E-state index in [2.05, 4.69) is 10.3 Å². The predicted molar refractivity (Wildman–Crippen MR) is 111 cm³/mol. The number of rotatable bonds is 3. The Morgan fingerprint density at radius 1 is 1.00 bits per heavy atom. The Hall–Kier alpha value is -2.95. The molecular formula is C23H25N3O2. The monoisotopic (exact) mass is 375 g/mol. The molecule has 1 aliphatic carbocycles. The summed E-state index contributed by atoms with van der Waals surface area (Å²) in [5, 5.41) is 3.16. The van der Waals surface area contributed by atoms with Crippen LogP contribution in [0.1, 0.15) is 48.9 Å². The van der Waals surface area contributed by atoms with Gasteiger partial charge < -0.3 is 9.88 Å². The van der Waals surface area contributed by atoms with Gasteiger partial charge in [-0.1, -0.05) is 49.9 Å². The molecule has 1 N–H and O–H groups in total. The summed E-state index contributed by atoms with van der Waals surface area (Å²) in [4.78, 5) is 29.8. The van der Waals surface area contributed by atoms with E-state index in [0.717, 1.165) is 29.4 Å².